The number of rotatable bonds is 3. The van der Waals surface area contributed by atoms with Crippen molar-refractivity contribution >= 4 is 7.82 Å². The molecule has 9 heteroatoms. The molecule has 0 aliphatic carbocycles. The summed E-state index contributed by atoms with van der Waals surface area (Å²) in [5.74, 6) is 0. The summed E-state index contributed by atoms with van der Waals surface area (Å²) in [5, 5.41) is 27.6. The number of hydrogen-bond acceptors (Lipinski definition) is 6. The zero-order valence-electron chi connectivity index (χ0n) is 7.63. The Bertz CT molecular complexity index is 252. The van der Waals surface area contributed by atoms with E-state index in [9.17, 15) is 14.8 Å². The molecule has 0 aromatic heterocycles. The van der Waals surface area contributed by atoms with Gasteiger partial charge in [-0.15, -0.1) is 0 Å². The average molecular weight is 244 g/mol. The Hall–Kier alpha value is -0.0500. The van der Waals surface area contributed by atoms with Gasteiger partial charge < -0.3 is 29.8 Å². The van der Waals surface area contributed by atoms with Gasteiger partial charge in [0.1, 0.15) is 24.4 Å². The number of aliphatic hydroxyl groups is 3. The summed E-state index contributed by atoms with van der Waals surface area (Å²) in [4.78, 5) is 16.8. The van der Waals surface area contributed by atoms with Gasteiger partial charge in [0.15, 0.2) is 0 Å². The van der Waals surface area contributed by atoms with E-state index in [0.29, 0.717) is 0 Å². The first-order valence-electron chi connectivity index (χ1n) is 4.17. The van der Waals surface area contributed by atoms with Gasteiger partial charge in [0, 0.05) is 0 Å². The lowest BCUT2D eigenvalue weighted by Gasteiger charge is -2.34. The summed E-state index contributed by atoms with van der Waals surface area (Å²) in [6.45, 7) is -0.789. The molecule has 0 saturated carbocycles. The standard InChI is InChI=1S/C6H13O8P/c7-3-1-13-4(6(9)5(3)8)2-14-15(10,11)12/h3-9H,1-2H2,(H2,10,11,12)/t3-,4-,5+,6-/m1/s1. The predicted molar refractivity (Wildman–Crippen MR) is 45.8 cm³/mol. The van der Waals surface area contributed by atoms with Crippen LogP contribution < -0.4 is 0 Å². The highest BCUT2D eigenvalue weighted by atomic mass is 31.2. The molecule has 0 unspecified atom stereocenters. The SMILES string of the molecule is O=P(O)(O)OC[C@H]1OC[C@@H](O)[C@H](O)[C@@H]1O. The highest BCUT2D eigenvalue weighted by Crippen LogP contribution is 2.36. The highest BCUT2D eigenvalue weighted by molar-refractivity contribution is 7.46. The fourth-order valence-electron chi connectivity index (χ4n) is 1.18. The molecule has 0 aromatic rings. The van der Waals surface area contributed by atoms with Gasteiger partial charge in [0.2, 0.25) is 0 Å². The molecule has 90 valence electrons. The molecule has 1 heterocycles. The fourth-order valence-corrected chi connectivity index (χ4v) is 1.53. The molecule has 15 heavy (non-hydrogen) atoms. The van der Waals surface area contributed by atoms with Crippen molar-refractivity contribution in [3.63, 3.8) is 0 Å². The molecule has 4 atom stereocenters. The summed E-state index contributed by atoms with van der Waals surface area (Å²) in [6.07, 6.45) is -5.15. The second-order valence-electron chi connectivity index (χ2n) is 3.21. The molecule has 1 aliphatic heterocycles. The third-order valence-electron chi connectivity index (χ3n) is 2.01. The Morgan fingerprint density at radius 3 is 2.40 bits per heavy atom. The van der Waals surface area contributed by atoms with Gasteiger partial charge in [-0.1, -0.05) is 0 Å². The van der Waals surface area contributed by atoms with Gasteiger partial charge in [-0.25, -0.2) is 4.57 Å². The van der Waals surface area contributed by atoms with E-state index in [0.717, 1.165) is 0 Å². The fraction of sp³-hybridized carbons (Fsp3) is 1.00. The maximum atomic E-state index is 10.3. The van der Waals surface area contributed by atoms with Crippen molar-refractivity contribution in [2.24, 2.45) is 0 Å². The maximum Gasteiger partial charge on any atom is 0.469 e. The number of phosphoric acid groups is 1. The first-order valence-corrected chi connectivity index (χ1v) is 5.70. The van der Waals surface area contributed by atoms with Crippen LogP contribution in [0.3, 0.4) is 0 Å². The Kier molecular flexibility index (Phi) is 4.21. The van der Waals surface area contributed by atoms with E-state index in [4.69, 9.17) is 19.6 Å². The third-order valence-corrected chi connectivity index (χ3v) is 2.50. The van der Waals surface area contributed by atoms with E-state index in [1.807, 2.05) is 0 Å². The molecule has 0 bridgehead atoms. The molecule has 0 radical (unpaired) electrons. The van der Waals surface area contributed by atoms with E-state index in [-0.39, 0.29) is 6.61 Å². The first-order chi connectivity index (χ1) is 6.81. The summed E-state index contributed by atoms with van der Waals surface area (Å²) in [5.41, 5.74) is 0. The summed E-state index contributed by atoms with van der Waals surface area (Å²) < 4.78 is 19.3. The molecule has 1 saturated heterocycles. The second-order valence-corrected chi connectivity index (χ2v) is 4.45. The van der Waals surface area contributed by atoms with Crippen LogP contribution in [0.15, 0.2) is 0 Å². The number of ether oxygens (including phenoxy) is 1. The largest absolute Gasteiger partial charge is 0.469 e. The first kappa shape index (κ1) is 13.0. The van der Waals surface area contributed by atoms with Crippen molar-refractivity contribution < 1.29 is 38.9 Å². The van der Waals surface area contributed by atoms with Crippen LogP contribution in [0.25, 0.3) is 0 Å². The molecule has 0 aromatic carbocycles. The number of phosphoric ester groups is 1. The number of aliphatic hydroxyl groups excluding tert-OH is 3. The maximum absolute atomic E-state index is 10.3. The second kappa shape index (κ2) is 4.86. The minimum Gasteiger partial charge on any atom is -0.388 e. The molecule has 1 rings (SSSR count). The van der Waals surface area contributed by atoms with Gasteiger partial charge in [0.05, 0.1) is 13.2 Å². The van der Waals surface area contributed by atoms with E-state index < -0.39 is 38.8 Å². The molecular weight excluding hydrogens is 231 g/mol. The van der Waals surface area contributed by atoms with Gasteiger partial charge in [-0.2, -0.15) is 0 Å². The molecule has 8 nitrogen and oxygen atoms in total. The average Bonchev–Trinajstić information content (AvgIpc) is 2.12. The molecule has 5 N–H and O–H groups in total. The van der Waals surface area contributed by atoms with Crippen LogP contribution in [0.5, 0.6) is 0 Å². The molecule has 1 fully saturated rings. The van der Waals surface area contributed by atoms with Crippen LogP contribution >= 0.6 is 7.82 Å². The minimum absolute atomic E-state index is 0.229. The lowest BCUT2D eigenvalue weighted by atomic mass is 10.0. The van der Waals surface area contributed by atoms with Crippen molar-refractivity contribution in [1.82, 2.24) is 0 Å². The Balaban J connectivity index is 2.46. The topological polar surface area (TPSA) is 137 Å². The molecular formula is C6H13O8P. The van der Waals surface area contributed by atoms with E-state index in [1.165, 1.54) is 0 Å². The predicted octanol–water partition coefficient (Wildman–Crippen LogP) is -2.42. The van der Waals surface area contributed by atoms with Crippen molar-refractivity contribution in [2.75, 3.05) is 13.2 Å². The Morgan fingerprint density at radius 2 is 1.87 bits per heavy atom. The molecule has 1 aliphatic rings. The van der Waals surface area contributed by atoms with Crippen molar-refractivity contribution in [3.05, 3.63) is 0 Å². The van der Waals surface area contributed by atoms with Crippen LogP contribution in [0, 0.1) is 0 Å². The van der Waals surface area contributed by atoms with Crippen LogP contribution in [-0.2, 0) is 13.8 Å². The molecule has 0 spiro atoms. The van der Waals surface area contributed by atoms with E-state index in [1.54, 1.807) is 0 Å². The lowest BCUT2D eigenvalue weighted by Crippen LogP contribution is -2.54. The van der Waals surface area contributed by atoms with Crippen LogP contribution in [-0.4, -0.2) is 62.7 Å². The Labute approximate surface area is 85.3 Å². The summed E-state index contributed by atoms with van der Waals surface area (Å²) >= 11 is 0. The van der Waals surface area contributed by atoms with Crippen molar-refractivity contribution in [3.8, 4) is 0 Å². The van der Waals surface area contributed by atoms with Crippen LogP contribution in [0.4, 0.5) is 0 Å². The smallest absolute Gasteiger partial charge is 0.388 e. The monoisotopic (exact) mass is 244 g/mol. The lowest BCUT2D eigenvalue weighted by molar-refractivity contribution is -0.194. The van der Waals surface area contributed by atoms with Gasteiger partial charge in [-0.05, 0) is 0 Å². The van der Waals surface area contributed by atoms with Gasteiger partial charge in [-0.3, -0.25) is 4.52 Å². The van der Waals surface area contributed by atoms with E-state index >= 15 is 0 Å². The van der Waals surface area contributed by atoms with Gasteiger partial charge >= 0.3 is 7.82 Å². The zero-order valence-corrected chi connectivity index (χ0v) is 8.53. The highest BCUT2D eigenvalue weighted by Gasteiger charge is 2.38. The third kappa shape index (κ3) is 3.78. The quantitative estimate of drug-likeness (QED) is 0.346. The Morgan fingerprint density at radius 1 is 1.27 bits per heavy atom. The zero-order chi connectivity index (χ0) is 11.6. The number of hydrogen-bond donors (Lipinski definition) is 5. The summed E-state index contributed by atoms with van der Waals surface area (Å²) in [6, 6.07) is 0. The van der Waals surface area contributed by atoms with Crippen LogP contribution in [0.2, 0.25) is 0 Å². The minimum atomic E-state index is -4.63. The molecule has 0 amide bonds. The van der Waals surface area contributed by atoms with Gasteiger partial charge in [0.25, 0.3) is 0 Å². The van der Waals surface area contributed by atoms with E-state index in [2.05, 4.69) is 4.52 Å². The van der Waals surface area contributed by atoms with Crippen molar-refractivity contribution in [1.29, 1.82) is 0 Å². The van der Waals surface area contributed by atoms with Crippen LogP contribution in [0.1, 0.15) is 0 Å². The summed E-state index contributed by atoms with van der Waals surface area (Å²) in [7, 11) is -4.63. The van der Waals surface area contributed by atoms with Crippen molar-refractivity contribution in [2.45, 2.75) is 24.4 Å². The normalized spacial score (nSPS) is 37.9.